The van der Waals surface area contributed by atoms with Gasteiger partial charge in [0.05, 0.1) is 0 Å². The van der Waals surface area contributed by atoms with Crippen LogP contribution in [0.25, 0.3) is 0 Å². The molecule has 2 saturated carbocycles. The second-order valence-electron chi connectivity index (χ2n) is 6.11. The van der Waals surface area contributed by atoms with Crippen LogP contribution in [0.5, 0.6) is 0 Å². The Bertz CT molecular complexity index is 283. The van der Waals surface area contributed by atoms with Crippen LogP contribution in [0.1, 0.15) is 65.2 Å². The van der Waals surface area contributed by atoms with Gasteiger partial charge >= 0.3 is 27.7 Å². The molecule has 4 nitrogen and oxygen atoms in total. The number of hydrogen-bond donors (Lipinski definition) is 0. The van der Waals surface area contributed by atoms with Crippen molar-refractivity contribution in [2.24, 2.45) is 10.8 Å². The second kappa shape index (κ2) is 7.60. The van der Waals surface area contributed by atoms with Crippen LogP contribution >= 0.6 is 0 Å². The molecule has 0 N–H and O–H groups in total. The molecule has 0 atom stereocenters. The van der Waals surface area contributed by atoms with Gasteiger partial charge in [0.15, 0.2) is 0 Å². The quantitative estimate of drug-likeness (QED) is 0.573. The Morgan fingerprint density at radius 3 is 1.05 bits per heavy atom. The molecule has 0 spiro atoms. The fourth-order valence-electron chi connectivity index (χ4n) is 2.72. The minimum atomic E-state index is -0.875. The first-order chi connectivity index (χ1) is 8.30. The number of rotatable bonds is 2. The van der Waals surface area contributed by atoms with E-state index >= 15 is 0 Å². The van der Waals surface area contributed by atoms with E-state index in [1.54, 1.807) is 13.8 Å². The van der Waals surface area contributed by atoms with Crippen molar-refractivity contribution >= 4 is 11.9 Å². The molecule has 0 amide bonds. The molecule has 19 heavy (non-hydrogen) atoms. The van der Waals surface area contributed by atoms with Gasteiger partial charge in [-0.2, -0.15) is 0 Å². The molecule has 0 aliphatic heterocycles. The Kier molecular flexibility index (Phi) is 7.55. The molecule has 0 aromatic carbocycles. The maximum atomic E-state index is 10.4. The van der Waals surface area contributed by atoms with Gasteiger partial charge < -0.3 is 19.8 Å². The monoisotopic (exact) mass is 456 g/mol. The summed E-state index contributed by atoms with van der Waals surface area (Å²) in [4.78, 5) is 20.8. The van der Waals surface area contributed by atoms with Gasteiger partial charge in [-0.15, -0.1) is 0 Å². The fourth-order valence-corrected chi connectivity index (χ4v) is 2.72. The standard InChI is InChI=1S/2C7H12O2.Hg/c2*1-7(6(8)9)4-2-3-5-7;/h2*2-5H2,1H3,(H,8,9);/q;;+2/p-2. The van der Waals surface area contributed by atoms with E-state index < -0.39 is 22.8 Å². The van der Waals surface area contributed by atoms with E-state index in [4.69, 9.17) is 0 Å². The normalized spacial score (nSPS) is 22.8. The van der Waals surface area contributed by atoms with Crippen molar-refractivity contribution in [1.82, 2.24) is 0 Å². The van der Waals surface area contributed by atoms with E-state index in [9.17, 15) is 19.8 Å². The van der Waals surface area contributed by atoms with Crippen molar-refractivity contribution in [3.8, 4) is 0 Å². The van der Waals surface area contributed by atoms with E-state index in [0.29, 0.717) is 0 Å². The third-order valence-electron chi connectivity index (χ3n) is 4.40. The molecule has 0 aromatic heterocycles. The smallest absolute Gasteiger partial charge is 0.550 e. The molecule has 2 aliphatic rings. The maximum Gasteiger partial charge on any atom is 2.00 e. The molecule has 104 valence electrons. The minimum Gasteiger partial charge on any atom is -0.550 e. The van der Waals surface area contributed by atoms with Gasteiger partial charge in [0.2, 0.25) is 0 Å². The zero-order valence-corrected chi connectivity index (χ0v) is 17.5. The Balaban J connectivity index is 0.000000324. The summed E-state index contributed by atoms with van der Waals surface area (Å²) in [5, 5.41) is 20.8. The maximum absolute atomic E-state index is 10.4. The zero-order chi connectivity index (χ0) is 13.8. The van der Waals surface area contributed by atoms with Crippen LogP contribution in [-0.4, -0.2) is 11.9 Å². The van der Waals surface area contributed by atoms with Crippen LogP contribution in [0.4, 0.5) is 0 Å². The van der Waals surface area contributed by atoms with E-state index in [1.807, 2.05) is 0 Å². The first-order valence-electron chi connectivity index (χ1n) is 6.73. The average Bonchev–Trinajstić information content (AvgIpc) is 2.90. The van der Waals surface area contributed by atoms with Crippen molar-refractivity contribution in [2.75, 3.05) is 0 Å². The topological polar surface area (TPSA) is 80.3 Å². The van der Waals surface area contributed by atoms with Gasteiger partial charge in [0.25, 0.3) is 0 Å². The Morgan fingerprint density at radius 2 is 0.947 bits per heavy atom. The predicted octanol–water partition coefficient (Wildman–Crippen LogP) is 0.631. The molecule has 0 heterocycles. The number of aliphatic carboxylic acids is 2. The Morgan fingerprint density at radius 1 is 0.737 bits per heavy atom. The van der Waals surface area contributed by atoms with Crippen molar-refractivity contribution < 1.29 is 47.5 Å². The first-order valence-corrected chi connectivity index (χ1v) is 6.73. The van der Waals surface area contributed by atoms with Crippen LogP contribution in [0.2, 0.25) is 0 Å². The van der Waals surface area contributed by atoms with Gasteiger partial charge in [0.1, 0.15) is 0 Å². The van der Waals surface area contributed by atoms with Crippen molar-refractivity contribution in [3.63, 3.8) is 0 Å². The summed E-state index contributed by atoms with van der Waals surface area (Å²) >= 11 is 0. The van der Waals surface area contributed by atoms with Gasteiger partial charge in [0, 0.05) is 22.8 Å². The van der Waals surface area contributed by atoms with Crippen LogP contribution in [0.3, 0.4) is 0 Å². The molecule has 2 rings (SSSR count). The molecular formula is C14H22HgO4. The molecule has 0 radical (unpaired) electrons. The summed E-state index contributed by atoms with van der Waals surface area (Å²) in [6.07, 6.45) is 7.39. The SMILES string of the molecule is CC1(C(=O)[O-])CCCC1.CC1(C(=O)[O-])CCCC1.[Hg+2]. The Labute approximate surface area is 135 Å². The van der Waals surface area contributed by atoms with Crippen molar-refractivity contribution in [1.29, 1.82) is 0 Å². The third-order valence-corrected chi connectivity index (χ3v) is 4.40. The molecule has 0 unspecified atom stereocenters. The van der Waals surface area contributed by atoms with E-state index in [1.165, 1.54) is 0 Å². The molecule has 0 bridgehead atoms. The van der Waals surface area contributed by atoms with Gasteiger partial charge in [-0.1, -0.05) is 39.5 Å². The summed E-state index contributed by atoms with van der Waals surface area (Å²) in [7, 11) is 0. The summed E-state index contributed by atoms with van der Waals surface area (Å²) in [6, 6.07) is 0. The molecule has 2 aliphatic carbocycles. The number of carboxylic acid groups (broad SMARTS) is 2. The van der Waals surface area contributed by atoms with Crippen molar-refractivity contribution in [2.45, 2.75) is 65.2 Å². The van der Waals surface area contributed by atoms with Crippen LogP contribution in [0.15, 0.2) is 0 Å². The summed E-state index contributed by atoms with van der Waals surface area (Å²) < 4.78 is 0. The summed E-state index contributed by atoms with van der Waals surface area (Å²) in [6.45, 7) is 3.55. The van der Waals surface area contributed by atoms with Crippen LogP contribution < -0.4 is 10.2 Å². The predicted molar refractivity (Wildman–Crippen MR) is 63.2 cm³/mol. The van der Waals surface area contributed by atoms with Gasteiger partial charge in [-0.25, -0.2) is 0 Å². The number of carbonyl (C=O) groups is 2. The molecule has 0 aromatic rings. The first kappa shape index (κ1) is 18.9. The fraction of sp³-hybridized carbons (Fsp3) is 0.857. The summed E-state index contributed by atoms with van der Waals surface area (Å²) in [5.74, 6) is -1.75. The van der Waals surface area contributed by atoms with Gasteiger partial charge in [-0.05, 0) is 25.7 Å². The largest absolute Gasteiger partial charge is 2.00 e. The van der Waals surface area contributed by atoms with Gasteiger partial charge in [-0.3, -0.25) is 0 Å². The number of carboxylic acids is 2. The number of carbonyl (C=O) groups excluding carboxylic acids is 2. The van der Waals surface area contributed by atoms with E-state index in [2.05, 4.69) is 0 Å². The zero-order valence-electron chi connectivity index (χ0n) is 12.0. The molecule has 2 fully saturated rings. The molecule has 5 heteroatoms. The van der Waals surface area contributed by atoms with Crippen molar-refractivity contribution in [3.05, 3.63) is 0 Å². The number of hydrogen-bond acceptors (Lipinski definition) is 4. The minimum absolute atomic E-state index is 0. The Hall–Kier alpha value is -0.125. The average molecular weight is 455 g/mol. The van der Waals surface area contributed by atoms with E-state index in [0.717, 1.165) is 51.4 Å². The molecular weight excluding hydrogens is 433 g/mol. The van der Waals surface area contributed by atoms with Crippen LogP contribution in [0, 0.1) is 10.8 Å². The summed E-state index contributed by atoms with van der Waals surface area (Å²) in [5.41, 5.74) is -1.000. The van der Waals surface area contributed by atoms with Crippen LogP contribution in [-0.2, 0) is 37.3 Å². The molecule has 0 saturated heterocycles. The second-order valence-corrected chi connectivity index (χ2v) is 6.11. The third kappa shape index (κ3) is 5.05. The van der Waals surface area contributed by atoms with E-state index in [-0.39, 0.29) is 27.7 Å².